The molecule has 1 nitrogen and oxygen atoms in total. The van der Waals surface area contributed by atoms with Crippen LogP contribution in [0, 0.1) is 0 Å². The molecule has 0 unspecified atom stereocenters. The summed E-state index contributed by atoms with van der Waals surface area (Å²) >= 11 is 5.80. The molecule has 0 saturated carbocycles. The van der Waals surface area contributed by atoms with Crippen LogP contribution >= 0.6 is 11.6 Å². The van der Waals surface area contributed by atoms with Gasteiger partial charge in [0.25, 0.3) is 0 Å². The van der Waals surface area contributed by atoms with E-state index in [2.05, 4.69) is 12.2 Å². The molecule has 0 heterocycles. The van der Waals surface area contributed by atoms with Crippen LogP contribution in [0.1, 0.15) is 39.0 Å². The Labute approximate surface area is 97.8 Å². The molecule has 0 aliphatic carbocycles. The van der Waals surface area contributed by atoms with E-state index in [1.165, 1.54) is 32.1 Å². The van der Waals surface area contributed by atoms with E-state index in [1.54, 1.807) is 0 Å². The molecule has 0 aliphatic rings. The van der Waals surface area contributed by atoms with Gasteiger partial charge in [0.15, 0.2) is 0 Å². The molecule has 0 spiro atoms. The smallest absolute Gasteiger partial charge is 0.0407 e. The first kappa shape index (κ1) is 12.4. The van der Waals surface area contributed by atoms with Crippen LogP contribution in [0.5, 0.6) is 0 Å². The average molecular weight is 226 g/mol. The summed E-state index contributed by atoms with van der Waals surface area (Å²) < 4.78 is 0. The Hall–Kier alpha value is -0.690. The van der Waals surface area contributed by atoms with Gasteiger partial charge < -0.3 is 5.32 Å². The number of hydrogen-bond donors (Lipinski definition) is 1. The topological polar surface area (TPSA) is 12.0 Å². The van der Waals surface area contributed by atoms with E-state index < -0.39 is 0 Å². The van der Waals surface area contributed by atoms with Crippen molar-refractivity contribution in [2.45, 2.75) is 39.0 Å². The van der Waals surface area contributed by atoms with Crippen molar-refractivity contribution >= 4 is 17.3 Å². The van der Waals surface area contributed by atoms with Crippen LogP contribution in [0.2, 0.25) is 5.02 Å². The Balaban J connectivity index is 2.07. The average Bonchev–Trinajstić information content (AvgIpc) is 2.26. The van der Waals surface area contributed by atoms with Crippen molar-refractivity contribution in [1.29, 1.82) is 0 Å². The maximum Gasteiger partial charge on any atom is 0.0407 e. The minimum absolute atomic E-state index is 0.795. The van der Waals surface area contributed by atoms with Gasteiger partial charge in [-0.3, -0.25) is 0 Å². The van der Waals surface area contributed by atoms with Gasteiger partial charge in [-0.25, -0.2) is 0 Å². The van der Waals surface area contributed by atoms with Crippen molar-refractivity contribution in [3.05, 3.63) is 29.3 Å². The van der Waals surface area contributed by atoms with E-state index in [4.69, 9.17) is 11.6 Å². The summed E-state index contributed by atoms with van der Waals surface area (Å²) in [4.78, 5) is 0. The van der Waals surface area contributed by atoms with Crippen LogP contribution in [0.3, 0.4) is 0 Å². The molecule has 0 bridgehead atoms. The fraction of sp³-hybridized carbons (Fsp3) is 0.538. The first-order valence-corrected chi connectivity index (χ1v) is 6.20. The molecule has 0 saturated heterocycles. The molecule has 84 valence electrons. The van der Waals surface area contributed by atoms with E-state index in [1.807, 2.05) is 24.3 Å². The summed E-state index contributed by atoms with van der Waals surface area (Å²) in [5.41, 5.74) is 1.16. The van der Waals surface area contributed by atoms with E-state index >= 15 is 0 Å². The second kappa shape index (κ2) is 7.58. The van der Waals surface area contributed by atoms with Crippen molar-refractivity contribution in [2.24, 2.45) is 0 Å². The van der Waals surface area contributed by atoms with Gasteiger partial charge in [0.1, 0.15) is 0 Å². The molecule has 0 amide bonds. The molecule has 15 heavy (non-hydrogen) atoms. The van der Waals surface area contributed by atoms with Gasteiger partial charge in [0.2, 0.25) is 0 Å². The molecular weight excluding hydrogens is 206 g/mol. The Morgan fingerprint density at radius 3 is 2.33 bits per heavy atom. The highest BCUT2D eigenvalue weighted by atomic mass is 35.5. The number of nitrogens with one attached hydrogen (secondary N) is 1. The summed E-state index contributed by atoms with van der Waals surface area (Å²) in [7, 11) is 0. The van der Waals surface area contributed by atoms with E-state index in [-0.39, 0.29) is 0 Å². The van der Waals surface area contributed by atoms with Crippen LogP contribution < -0.4 is 5.32 Å². The zero-order valence-corrected chi connectivity index (χ0v) is 10.2. The molecular formula is C13H20ClN. The van der Waals surface area contributed by atoms with Gasteiger partial charge >= 0.3 is 0 Å². The first-order chi connectivity index (χ1) is 7.33. The standard InChI is InChI=1S/C13H20ClN/c1-2-3-4-5-6-11-15-13-9-7-12(14)8-10-13/h7-10,15H,2-6,11H2,1H3. The highest BCUT2D eigenvalue weighted by Crippen LogP contribution is 2.13. The fourth-order valence-electron chi connectivity index (χ4n) is 1.53. The summed E-state index contributed by atoms with van der Waals surface area (Å²) in [5.74, 6) is 0. The highest BCUT2D eigenvalue weighted by molar-refractivity contribution is 6.30. The van der Waals surface area contributed by atoms with Crippen molar-refractivity contribution in [3.8, 4) is 0 Å². The largest absolute Gasteiger partial charge is 0.385 e. The highest BCUT2D eigenvalue weighted by Gasteiger charge is 1.92. The second-order valence-corrected chi connectivity index (χ2v) is 4.28. The van der Waals surface area contributed by atoms with Gasteiger partial charge in [-0.1, -0.05) is 44.2 Å². The van der Waals surface area contributed by atoms with Gasteiger partial charge in [-0.05, 0) is 30.7 Å². The van der Waals surface area contributed by atoms with E-state index in [0.717, 1.165) is 17.3 Å². The summed E-state index contributed by atoms with van der Waals surface area (Å²) in [6, 6.07) is 7.88. The molecule has 0 aliphatic heterocycles. The first-order valence-electron chi connectivity index (χ1n) is 5.82. The Kier molecular flexibility index (Phi) is 6.26. The lowest BCUT2D eigenvalue weighted by Crippen LogP contribution is -2.00. The molecule has 0 radical (unpaired) electrons. The Morgan fingerprint density at radius 1 is 1.00 bits per heavy atom. The molecule has 0 fully saturated rings. The Bertz CT molecular complexity index is 256. The Morgan fingerprint density at radius 2 is 1.67 bits per heavy atom. The van der Waals surface area contributed by atoms with E-state index in [9.17, 15) is 0 Å². The van der Waals surface area contributed by atoms with Crippen LogP contribution in [0.4, 0.5) is 5.69 Å². The predicted octanol–water partition coefficient (Wildman–Crippen LogP) is 4.72. The second-order valence-electron chi connectivity index (χ2n) is 3.85. The number of benzene rings is 1. The number of halogens is 1. The summed E-state index contributed by atoms with van der Waals surface area (Å²) in [6.07, 6.45) is 6.61. The van der Waals surface area contributed by atoms with Crippen molar-refractivity contribution in [2.75, 3.05) is 11.9 Å². The molecule has 1 aromatic carbocycles. The minimum Gasteiger partial charge on any atom is -0.385 e. The third kappa shape index (κ3) is 5.68. The van der Waals surface area contributed by atoms with Gasteiger partial charge in [-0.15, -0.1) is 0 Å². The lowest BCUT2D eigenvalue weighted by molar-refractivity contribution is 0.645. The molecule has 1 N–H and O–H groups in total. The monoisotopic (exact) mass is 225 g/mol. The van der Waals surface area contributed by atoms with Gasteiger partial charge in [0.05, 0.1) is 0 Å². The van der Waals surface area contributed by atoms with Crippen LogP contribution in [0.25, 0.3) is 0 Å². The lowest BCUT2D eigenvalue weighted by Gasteiger charge is -2.05. The predicted molar refractivity (Wildman–Crippen MR) is 68.7 cm³/mol. The summed E-state index contributed by atoms with van der Waals surface area (Å²) in [5, 5.41) is 4.19. The zero-order chi connectivity index (χ0) is 10.9. The number of unbranched alkanes of at least 4 members (excludes halogenated alkanes) is 4. The van der Waals surface area contributed by atoms with Crippen molar-refractivity contribution in [3.63, 3.8) is 0 Å². The molecule has 0 aromatic heterocycles. The van der Waals surface area contributed by atoms with Gasteiger partial charge in [-0.2, -0.15) is 0 Å². The van der Waals surface area contributed by atoms with Crippen LogP contribution in [-0.4, -0.2) is 6.54 Å². The maximum atomic E-state index is 5.80. The SMILES string of the molecule is CCCCCCCNc1ccc(Cl)cc1. The normalized spacial score (nSPS) is 10.3. The number of anilines is 1. The molecule has 1 aromatic rings. The number of hydrogen-bond acceptors (Lipinski definition) is 1. The third-order valence-electron chi connectivity index (χ3n) is 2.45. The minimum atomic E-state index is 0.795. The summed E-state index contributed by atoms with van der Waals surface area (Å²) in [6.45, 7) is 3.30. The maximum absolute atomic E-state index is 5.80. The van der Waals surface area contributed by atoms with Crippen LogP contribution in [0.15, 0.2) is 24.3 Å². The molecule has 1 rings (SSSR count). The zero-order valence-electron chi connectivity index (χ0n) is 9.43. The third-order valence-corrected chi connectivity index (χ3v) is 2.71. The molecule has 2 heteroatoms. The van der Waals surface area contributed by atoms with E-state index in [0.29, 0.717) is 0 Å². The van der Waals surface area contributed by atoms with Gasteiger partial charge in [0, 0.05) is 17.3 Å². The number of rotatable bonds is 7. The van der Waals surface area contributed by atoms with Crippen molar-refractivity contribution in [1.82, 2.24) is 0 Å². The quantitative estimate of drug-likeness (QED) is 0.662. The van der Waals surface area contributed by atoms with Crippen LogP contribution in [-0.2, 0) is 0 Å². The fourth-order valence-corrected chi connectivity index (χ4v) is 1.66. The lowest BCUT2D eigenvalue weighted by atomic mass is 10.1. The van der Waals surface area contributed by atoms with Crippen molar-refractivity contribution < 1.29 is 0 Å². The molecule has 0 atom stereocenters.